The number of nitrogens with one attached hydrogen (secondary N) is 1. The van der Waals surface area contributed by atoms with Crippen LogP contribution in [-0.2, 0) is 6.54 Å². The van der Waals surface area contributed by atoms with E-state index in [9.17, 15) is 4.39 Å². The second-order valence-corrected chi connectivity index (χ2v) is 5.00. The van der Waals surface area contributed by atoms with Gasteiger partial charge in [-0.25, -0.2) is 4.39 Å². The van der Waals surface area contributed by atoms with Gasteiger partial charge in [0.25, 0.3) is 0 Å². The molecule has 0 saturated heterocycles. The first-order valence-corrected chi connectivity index (χ1v) is 6.22. The molecule has 0 unspecified atom stereocenters. The molecule has 0 amide bonds. The summed E-state index contributed by atoms with van der Waals surface area (Å²) in [6.45, 7) is 2.98. The fourth-order valence-electron chi connectivity index (χ4n) is 2.20. The minimum absolute atomic E-state index is 0.207. The van der Waals surface area contributed by atoms with E-state index in [0.29, 0.717) is 5.54 Å². The summed E-state index contributed by atoms with van der Waals surface area (Å²) in [4.78, 5) is 0. The average molecular weight is 242 g/mol. The van der Waals surface area contributed by atoms with E-state index in [2.05, 4.69) is 12.2 Å². The minimum atomic E-state index is -0.348. The molecule has 88 valence electrons. The van der Waals surface area contributed by atoms with Gasteiger partial charge in [-0.2, -0.15) is 0 Å². The van der Waals surface area contributed by atoms with Gasteiger partial charge in [-0.05, 0) is 43.4 Å². The van der Waals surface area contributed by atoms with E-state index in [1.807, 2.05) is 0 Å². The standard InChI is InChI=1S/C13H17ClFN/c1-2-13(6-3-7-13)16-9-10-4-5-12(15)11(14)8-10/h4-5,8,16H,2-3,6-7,9H2,1H3. The maximum Gasteiger partial charge on any atom is 0.141 e. The van der Waals surface area contributed by atoms with Crippen LogP contribution in [-0.4, -0.2) is 5.54 Å². The summed E-state index contributed by atoms with van der Waals surface area (Å²) in [6.07, 6.45) is 4.96. The van der Waals surface area contributed by atoms with Crippen molar-refractivity contribution in [3.63, 3.8) is 0 Å². The van der Waals surface area contributed by atoms with Crippen LogP contribution >= 0.6 is 11.6 Å². The number of rotatable bonds is 4. The highest BCUT2D eigenvalue weighted by molar-refractivity contribution is 6.30. The number of hydrogen-bond acceptors (Lipinski definition) is 1. The zero-order valence-electron chi connectivity index (χ0n) is 9.52. The van der Waals surface area contributed by atoms with Crippen LogP contribution in [0, 0.1) is 5.82 Å². The maximum atomic E-state index is 13.0. The summed E-state index contributed by atoms with van der Waals surface area (Å²) in [5.74, 6) is -0.348. The highest BCUT2D eigenvalue weighted by Gasteiger charge is 2.34. The van der Waals surface area contributed by atoms with Crippen LogP contribution in [0.4, 0.5) is 4.39 Å². The first-order chi connectivity index (χ1) is 7.65. The van der Waals surface area contributed by atoms with E-state index in [-0.39, 0.29) is 10.8 Å². The Morgan fingerprint density at radius 3 is 2.69 bits per heavy atom. The molecular formula is C13H17ClFN. The van der Waals surface area contributed by atoms with Crippen molar-refractivity contribution in [2.75, 3.05) is 0 Å². The lowest BCUT2D eigenvalue weighted by Gasteiger charge is -2.42. The van der Waals surface area contributed by atoms with Gasteiger partial charge in [0.05, 0.1) is 5.02 Å². The van der Waals surface area contributed by atoms with Crippen molar-refractivity contribution in [2.45, 2.75) is 44.7 Å². The van der Waals surface area contributed by atoms with Crippen LogP contribution in [0.25, 0.3) is 0 Å². The van der Waals surface area contributed by atoms with Gasteiger partial charge in [0.1, 0.15) is 5.82 Å². The van der Waals surface area contributed by atoms with Crippen molar-refractivity contribution in [2.24, 2.45) is 0 Å². The van der Waals surface area contributed by atoms with Gasteiger partial charge in [0, 0.05) is 12.1 Å². The highest BCUT2D eigenvalue weighted by atomic mass is 35.5. The van der Waals surface area contributed by atoms with E-state index < -0.39 is 0 Å². The second kappa shape index (κ2) is 4.72. The van der Waals surface area contributed by atoms with Gasteiger partial charge in [-0.1, -0.05) is 24.6 Å². The molecule has 0 spiro atoms. The van der Waals surface area contributed by atoms with Crippen LogP contribution in [0.1, 0.15) is 38.2 Å². The van der Waals surface area contributed by atoms with Crippen LogP contribution in [0.15, 0.2) is 18.2 Å². The first kappa shape index (κ1) is 11.9. The molecule has 1 nitrogen and oxygen atoms in total. The quantitative estimate of drug-likeness (QED) is 0.843. The lowest BCUT2D eigenvalue weighted by molar-refractivity contribution is 0.175. The third kappa shape index (κ3) is 2.38. The molecule has 1 aliphatic rings. The van der Waals surface area contributed by atoms with Gasteiger partial charge >= 0.3 is 0 Å². The van der Waals surface area contributed by atoms with Crippen LogP contribution < -0.4 is 5.32 Å². The number of hydrogen-bond donors (Lipinski definition) is 1. The molecule has 1 aliphatic carbocycles. The smallest absolute Gasteiger partial charge is 0.141 e. The van der Waals surface area contributed by atoms with Crippen molar-refractivity contribution in [3.05, 3.63) is 34.6 Å². The molecule has 0 atom stereocenters. The van der Waals surface area contributed by atoms with Gasteiger partial charge in [-0.15, -0.1) is 0 Å². The summed E-state index contributed by atoms with van der Waals surface area (Å²) in [5, 5.41) is 3.77. The number of halogens is 2. The fraction of sp³-hybridized carbons (Fsp3) is 0.538. The molecule has 1 aromatic carbocycles. The Labute approximate surface area is 101 Å². The van der Waals surface area contributed by atoms with Crippen molar-refractivity contribution in [1.82, 2.24) is 5.32 Å². The van der Waals surface area contributed by atoms with Crippen molar-refractivity contribution in [1.29, 1.82) is 0 Å². The summed E-state index contributed by atoms with van der Waals surface area (Å²) < 4.78 is 13.0. The van der Waals surface area contributed by atoms with Crippen LogP contribution in [0.2, 0.25) is 5.02 Å². The predicted molar refractivity (Wildman–Crippen MR) is 65.1 cm³/mol. The molecule has 3 heteroatoms. The molecule has 0 aliphatic heterocycles. The maximum absolute atomic E-state index is 13.0. The Morgan fingerprint density at radius 1 is 1.44 bits per heavy atom. The Morgan fingerprint density at radius 2 is 2.19 bits per heavy atom. The number of benzene rings is 1. The van der Waals surface area contributed by atoms with Gasteiger partial charge < -0.3 is 5.32 Å². The van der Waals surface area contributed by atoms with Crippen LogP contribution in [0.3, 0.4) is 0 Å². The SMILES string of the molecule is CCC1(NCc2ccc(F)c(Cl)c2)CCC1. The Hall–Kier alpha value is -0.600. The minimum Gasteiger partial charge on any atom is -0.307 e. The first-order valence-electron chi connectivity index (χ1n) is 5.84. The fourth-order valence-corrected chi connectivity index (χ4v) is 2.40. The molecule has 0 bridgehead atoms. The second-order valence-electron chi connectivity index (χ2n) is 4.59. The summed E-state index contributed by atoms with van der Waals surface area (Å²) in [5.41, 5.74) is 1.37. The third-order valence-corrected chi connectivity index (χ3v) is 3.93. The summed E-state index contributed by atoms with van der Waals surface area (Å²) >= 11 is 5.74. The molecule has 0 heterocycles. The molecule has 0 aromatic heterocycles. The summed E-state index contributed by atoms with van der Waals surface area (Å²) in [6, 6.07) is 4.92. The molecule has 16 heavy (non-hydrogen) atoms. The van der Waals surface area contributed by atoms with Crippen molar-refractivity contribution >= 4 is 11.6 Å². The Bertz CT molecular complexity index is 369. The van der Waals surface area contributed by atoms with Gasteiger partial charge in [-0.3, -0.25) is 0 Å². The van der Waals surface area contributed by atoms with E-state index >= 15 is 0 Å². The third-order valence-electron chi connectivity index (χ3n) is 3.64. The van der Waals surface area contributed by atoms with E-state index in [1.54, 1.807) is 12.1 Å². The van der Waals surface area contributed by atoms with Crippen molar-refractivity contribution < 1.29 is 4.39 Å². The average Bonchev–Trinajstić information content (AvgIpc) is 2.22. The lowest BCUT2D eigenvalue weighted by Crippen LogP contribution is -2.49. The zero-order valence-corrected chi connectivity index (χ0v) is 10.3. The molecule has 2 rings (SSSR count). The monoisotopic (exact) mass is 241 g/mol. The molecular weight excluding hydrogens is 225 g/mol. The molecule has 1 saturated carbocycles. The van der Waals surface area contributed by atoms with E-state index in [1.165, 1.54) is 25.3 Å². The van der Waals surface area contributed by atoms with E-state index in [4.69, 9.17) is 11.6 Å². The molecule has 1 fully saturated rings. The summed E-state index contributed by atoms with van der Waals surface area (Å²) in [7, 11) is 0. The molecule has 1 N–H and O–H groups in total. The lowest BCUT2D eigenvalue weighted by atomic mass is 9.75. The topological polar surface area (TPSA) is 12.0 Å². The zero-order chi connectivity index (χ0) is 11.6. The highest BCUT2D eigenvalue weighted by Crippen LogP contribution is 2.34. The Kier molecular flexibility index (Phi) is 3.50. The molecule has 1 aromatic rings. The largest absolute Gasteiger partial charge is 0.307 e. The normalized spacial score (nSPS) is 18.2. The van der Waals surface area contributed by atoms with Crippen LogP contribution in [0.5, 0.6) is 0 Å². The molecule has 0 radical (unpaired) electrons. The van der Waals surface area contributed by atoms with Gasteiger partial charge in [0.15, 0.2) is 0 Å². The van der Waals surface area contributed by atoms with Gasteiger partial charge in [0.2, 0.25) is 0 Å². The predicted octanol–water partition coefficient (Wildman–Crippen LogP) is 3.90. The van der Waals surface area contributed by atoms with Crippen molar-refractivity contribution in [3.8, 4) is 0 Å². The Balaban J connectivity index is 1.96. The van der Waals surface area contributed by atoms with E-state index in [0.717, 1.165) is 18.5 Å².